The van der Waals surface area contributed by atoms with E-state index in [0.29, 0.717) is 29.9 Å². The van der Waals surface area contributed by atoms with Gasteiger partial charge in [0.15, 0.2) is 0 Å². The molecule has 2 aromatic heterocycles. The molecule has 4 nitrogen and oxygen atoms in total. The third kappa shape index (κ3) is 3.69. The van der Waals surface area contributed by atoms with Gasteiger partial charge in [-0.05, 0) is 50.1 Å². The number of pyridine rings is 1. The number of hydrogen-bond donors (Lipinski definition) is 0. The first-order valence-corrected chi connectivity index (χ1v) is 9.03. The van der Waals surface area contributed by atoms with E-state index in [1.807, 2.05) is 0 Å². The van der Waals surface area contributed by atoms with E-state index in [2.05, 4.69) is 15.0 Å². The van der Waals surface area contributed by atoms with Crippen molar-refractivity contribution < 1.29 is 17.7 Å². The highest BCUT2D eigenvalue weighted by Crippen LogP contribution is 2.34. The van der Waals surface area contributed by atoms with Crippen molar-refractivity contribution in [1.82, 2.24) is 15.0 Å². The van der Waals surface area contributed by atoms with Gasteiger partial charge in [-0.2, -0.15) is 0 Å². The number of benzene rings is 1. The van der Waals surface area contributed by atoms with Crippen LogP contribution in [0.25, 0.3) is 11.1 Å². The monoisotopic (exact) mass is 375 g/mol. The molecule has 1 aliphatic rings. The molecule has 7 heteroatoms. The van der Waals surface area contributed by atoms with Gasteiger partial charge in [-0.3, -0.25) is 4.90 Å². The topological polar surface area (TPSA) is 42.2 Å². The predicted molar refractivity (Wildman–Crippen MR) is 95.2 cm³/mol. The van der Waals surface area contributed by atoms with Gasteiger partial charge in [0.05, 0.1) is 11.1 Å². The molecule has 0 N–H and O–H groups in total. The van der Waals surface area contributed by atoms with Gasteiger partial charge >= 0.3 is 0 Å². The molecule has 0 saturated carbocycles. The minimum Gasteiger partial charge on any atom is -0.336 e. The summed E-state index contributed by atoms with van der Waals surface area (Å²) in [4.78, 5) is 6.73. The van der Waals surface area contributed by atoms with E-state index >= 15 is 0 Å². The lowest BCUT2D eigenvalue weighted by Crippen LogP contribution is -2.34. The number of halogens is 3. The molecule has 27 heavy (non-hydrogen) atoms. The van der Waals surface area contributed by atoms with Gasteiger partial charge in [0.2, 0.25) is 0 Å². The zero-order valence-corrected chi connectivity index (χ0v) is 15.0. The van der Waals surface area contributed by atoms with Crippen molar-refractivity contribution in [3.8, 4) is 0 Å². The molecule has 4 rings (SSSR count). The van der Waals surface area contributed by atoms with Gasteiger partial charge in [0.25, 0.3) is 12.1 Å². The van der Waals surface area contributed by atoms with Gasteiger partial charge in [0.1, 0.15) is 5.82 Å². The second kappa shape index (κ2) is 7.31. The molecule has 142 valence electrons. The summed E-state index contributed by atoms with van der Waals surface area (Å²) < 4.78 is 45.4. The van der Waals surface area contributed by atoms with Crippen molar-refractivity contribution >= 4 is 11.1 Å². The zero-order chi connectivity index (χ0) is 19.0. The van der Waals surface area contributed by atoms with Crippen LogP contribution in [-0.2, 0) is 6.54 Å². The molecule has 1 fully saturated rings. The number of likely N-dealkylation sites (tertiary alicyclic amines) is 1. The van der Waals surface area contributed by atoms with E-state index < -0.39 is 6.43 Å². The number of nitrogens with zero attached hydrogens (tertiary/aromatic N) is 3. The predicted octanol–water partition coefficient (Wildman–Crippen LogP) is 4.99. The summed E-state index contributed by atoms with van der Waals surface area (Å²) in [5.41, 5.74) is 2.19. The van der Waals surface area contributed by atoms with E-state index in [9.17, 15) is 13.2 Å². The highest BCUT2D eigenvalue weighted by atomic mass is 19.3. The largest absolute Gasteiger partial charge is 0.336 e. The van der Waals surface area contributed by atoms with Gasteiger partial charge < -0.3 is 4.52 Å². The second-order valence-corrected chi connectivity index (χ2v) is 7.09. The molecule has 1 saturated heterocycles. The first-order chi connectivity index (χ1) is 13.0. The molecule has 0 spiro atoms. The number of alkyl halides is 2. The fraction of sp³-hybridized carbons (Fsp3) is 0.400. The van der Waals surface area contributed by atoms with Crippen molar-refractivity contribution in [2.45, 2.75) is 38.7 Å². The second-order valence-electron chi connectivity index (χ2n) is 7.09. The fourth-order valence-corrected chi connectivity index (χ4v) is 3.82. The van der Waals surface area contributed by atoms with E-state index in [4.69, 9.17) is 4.52 Å². The molecule has 0 aliphatic carbocycles. The average molecular weight is 375 g/mol. The third-order valence-electron chi connectivity index (χ3n) is 5.15. The highest BCUT2D eigenvalue weighted by molar-refractivity contribution is 5.80. The van der Waals surface area contributed by atoms with E-state index in [-0.39, 0.29) is 23.0 Å². The highest BCUT2D eigenvalue weighted by Gasteiger charge is 2.26. The number of fused-ring (bicyclic) bond motifs is 1. The van der Waals surface area contributed by atoms with Gasteiger partial charge in [-0.25, -0.2) is 18.2 Å². The van der Waals surface area contributed by atoms with Crippen LogP contribution in [0.3, 0.4) is 0 Å². The Hall–Kier alpha value is -2.41. The minimum absolute atomic E-state index is 0.0477. The lowest BCUT2D eigenvalue weighted by molar-refractivity contribution is 0.152. The maximum absolute atomic E-state index is 13.6. The number of piperidine rings is 1. The van der Waals surface area contributed by atoms with Crippen LogP contribution in [0.15, 0.2) is 34.9 Å². The van der Waals surface area contributed by atoms with Crippen LogP contribution in [0.5, 0.6) is 0 Å². The molecule has 0 unspecified atom stereocenters. The number of hydrogen-bond acceptors (Lipinski definition) is 4. The summed E-state index contributed by atoms with van der Waals surface area (Å²) in [5.74, 6) is -0.207. The van der Waals surface area contributed by atoms with Gasteiger partial charge in [-0.15, -0.1) is 0 Å². The Morgan fingerprint density at radius 1 is 1.26 bits per heavy atom. The lowest BCUT2D eigenvalue weighted by atomic mass is 9.92. The summed E-state index contributed by atoms with van der Waals surface area (Å²) in [7, 11) is 0. The van der Waals surface area contributed by atoms with Crippen molar-refractivity contribution in [2.75, 3.05) is 13.1 Å². The van der Waals surface area contributed by atoms with E-state index in [1.165, 1.54) is 18.2 Å². The van der Waals surface area contributed by atoms with Crippen LogP contribution < -0.4 is 0 Å². The zero-order valence-electron chi connectivity index (χ0n) is 15.0. The quantitative estimate of drug-likeness (QED) is 0.644. The first kappa shape index (κ1) is 18.0. The van der Waals surface area contributed by atoms with Gasteiger partial charge in [-0.1, -0.05) is 17.3 Å². The SMILES string of the molecule is Cc1noc2nc([C@H]3CCCN(Cc4ccc(F)cc4)C3)cc(C(F)F)c12. The molecule has 3 aromatic rings. The Morgan fingerprint density at radius 2 is 2.04 bits per heavy atom. The summed E-state index contributed by atoms with van der Waals surface area (Å²) in [6, 6.07) is 7.95. The van der Waals surface area contributed by atoms with Crippen molar-refractivity contribution in [1.29, 1.82) is 0 Å². The molecule has 1 aliphatic heterocycles. The first-order valence-electron chi connectivity index (χ1n) is 9.03. The van der Waals surface area contributed by atoms with Gasteiger partial charge in [0, 0.05) is 30.3 Å². The van der Waals surface area contributed by atoms with Crippen LogP contribution in [-0.4, -0.2) is 28.1 Å². The lowest BCUT2D eigenvalue weighted by Gasteiger charge is -2.32. The van der Waals surface area contributed by atoms with Crippen LogP contribution in [0.2, 0.25) is 0 Å². The fourth-order valence-electron chi connectivity index (χ4n) is 3.82. The van der Waals surface area contributed by atoms with E-state index in [0.717, 1.165) is 24.9 Å². The van der Waals surface area contributed by atoms with Crippen molar-refractivity contribution in [2.24, 2.45) is 0 Å². The van der Waals surface area contributed by atoms with Crippen LogP contribution in [0.1, 0.15) is 47.7 Å². The smallest absolute Gasteiger partial charge is 0.264 e. The average Bonchev–Trinajstić information content (AvgIpc) is 3.04. The minimum atomic E-state index is -2.61. The standard InChI is InChI=1S/C20H20F3N3O/c1-12-18-16(19(22)23)9-17(24-20(18)27-25-12)14-3-2-8-26(11-14)10-13-4-6-15(21)7-5-13/h4-7,9,14,19H,2-3,8,10-11H2,1H3/t14-/m0/s1. The Morgan fingerprint density at radius 3 is 2.78 bits per heavy atom. The molecular formula is C20H20F3N3O. The molecule has 0 radical (unpaired) electrons. The molecule has 0 amide bonds. The Labute approximate surface area is 155 Å². The van der Waals surface area contributed by atoms with Crippen molar-refractivity contribution in [3.05, 3.63) is 58.7 Å². The molecular weight excluding hydrogens is 355 g/mol. The summed E-state index contributed by atoms with van der Waals surface area (Å²) >= 11 is 0. The van der Waals surface area contributed by atoms with E-state index in [1.54, 1.807) is 19.1 Å². The molecule has 1 atom stereocenters. The molecule has 3 heterocycles. The third-order valence-corrected chi connectivity index (χ3v) is 5.15. The van der Waals surface area contributed by atoms with Crippen molar-refractivity contribution in [3.63, 3.8) is 0 Å². The van der Waals surface area contributed by atoms with Crippen LogP contribution in [0, 0.1) is 12.7 Å². The Kier molecular flexibility index (Phi) is 4.86. The number of rotatable bonds is 4. The maximum Gasteiger partial charge on any atom is 0.264 e. The number of aryl methyl sites for hydroxylation is 1. The molecule has 0 bridgehead atoms. The normalized spacial score (nSPS) is 18.5. The summed E-state index contributed by atoms with van der Waals surface area (Å²) in [5, 5.41) is 4.10. The maximum atomic E-state index is 13.6. The van der Waals surface area contributed by atoms with Crippen LogP contribution in [0.4, 0.5) is 13.2 Å². The van der Waals surface area contributed by atoms with Crippen LogP contribution >= 0.6 is 0 Å². The Balaban J connectivity index is 1.58. The summed E-state index contributed by atoms with van der Waals surface area (Å²) in [6.45, 7) is 3.97. The number of aromatic nitrogens is 2. The summed E-state index contributed by atoms with van der Waals surface area (Å²) in [6.07, 6.45) is -0.773. The molecule has 1 aromatic carbocycles. The Bertz CT molecular complexity index is 940.